The zero-order valence-corrected chi connectivity index (χ0v) is 40.5. The van der Waals surface area contributed by atoms with E-state index in [0.717, 1.165) is 87.8 Å². The molecule has 0 spiro atoms. The van der Waals surface area contributed by atoms with Crippen molar-refractivity contribution in [2.24, 2.45) is 0 Å². The molecule has 0 N–H and O–H groups in total. The van der Waals surface area contributed by atoms with E-state index in [0.29, 0.717) is 39.3 Å². The largest absolute Gasteiger partial charge is 0.493 e. The predicted octanol–water partition coefficient (Wildman–Crippen LogP) is 15.6. The molecular formula is C55H93NO6. The Bertz CT molecular complexity index is 1210. The minimum Gasteiger partial charge on any atom is -0.493 e. The van der Waals surface area contributed by atoms with E-state index in [9.17, 15) is 9.59 Å². The summed E-state index contributed by atoms with van der Waals surface area (Å²) < 4.78 is 23.1. The highest BCUT2D eigenvalue weighted by atomic mass is 16.5. The maximum absolute atomic E-state index is 12.3. The van der Waals surface area contributed by atoms with Gasteiger partial charge in [0.05, 0.1) is 26.4 Å². The molecule has 1 aromatic carbocycles. The average Bonchev–Trinajstić information content (AvgIpc) is 3.25. The lowest BCUT2D eigenvalue weighted by Crippen LogP contribution is -2.11. The molecule has 0 unspecified atom stereocenters. The molecule has 0 aliphatic carbocycles. The normalized spacial score (nSPS) is 11.9. The summed E-state index contributed by atoms with van der Waals surface area (Å²) >= 11 is 0. The Labute approximate surface area is 381 Å². The first-order chi connectivity index (χ1) is 30.4. The molecule has 0 heterocycles. The van der Waals surface area contributed by atoms with Gasteiger partial charge < -0.3 is 23.8 Å². The second kappa shape index (κ2) is 44.3. The van der Waals surface area contributed by atoms with Gasteiger partial charge in [-0.3, -0.25) is 9.59 Å². The minimum atomic E-state index is -0.114. The fraction of sp³-hybridized carbons (Fsp3) is 0.709. The summed E-state index contributed by atoms with van der Waals surface area (Å²) in [6, 6.07) is 6.04. The fourth-order valence-corrected chi connectivity index (χ4v) is 7.07. The van der Waals surface area contributed by atoms with Gasteiger partial charge in [0.15, 0.2) is 0 Å². The molecule has 7 nitrogen and oxygen atoms in total. The SMILES string of the molecule is CCCCC/C=C\C/C=C\CCCCCCCCOC(=O)CCCCOc1cc(CN(C)C)cc(OCCCCC(=O)OCCCCCCCC/C=C\C/C=C\CCCCC)c1. The van der Waals surface area contributed by atoms with Gasteiger partial charge in [-0.2, -0.15) is 0 Å². The summed E-state index contributed by atoms with van der Waals surface area (Å²) in [6.45, 7) is 7.37. The van der Waals surface area contributed by atoms with Gasteiger partial charge in [0.25, 0.3) is 0 Å². The maximum Gasteiger partial charge on any atom is 0.305 e. The first-order valence-corrected chi connectivity index (χ1v) is 25.4. The molecule has 0 saturated heterocycles. The van der Waals surface area contributed by atoms with Crippen LogP contribution in [0.25, 0.3) is 0 Å². The molecule has 0 radical (unpaired) electrons. The number of carbonyl (C=O) groups is 2. The van der Waals surface area contributed by atoms with Crippen LogP contribution in [-0.2, 0) is 25.6 Å². The minimum absolute atomic E-state index is 0.114. The van der Waals surface area contributed by atoms with Crippen LogP contribution in [0.4, 0.5) is 0 Å². The molecule has 0 aliphatic rings. The average molecular weight is 864 g/mol. The molecule has 62 heavy (non-hydrogen) atoms. The molecule has 0 aliphatic heterocycles. The van der Waals surface area contributed by atoms with Crippen molar-refractivity contribution in [2.45, 2.75) is 213 Å². The Morgan fingerprint density at radius 3 is 1.18 bits per heavy atom. The third-order valence-corrected chi connectivity index (χ3v) is 10.7. The highest BCUT2D eigenvalue weighted by Crippen LogP contribution is 2.25. The lowest BCUT2D eigenvalue weighted by Gasteiger charge is -2.15. The van der Waals surface area contributed by atoms with Gasteiger partial charge in [0.1, 0.15) is 11.5 Å². The topological polar surface area (TPSA) is 74.3 Å². The third-order valence-electron chi connectivity index (χ3n) is 10.7. The molecule has 0 amide bonds. The number of unbranched alkanes of at least 4 members (excludes halogenated alkanes) is 20. The van der Waals surface area contributed by atoms with Crippen molar-refractivity contribution >= 4 is 11.9 Å². The van der Waals surface area contributed by atoms with Crippen LogP contribution in [-0.4, -0.2) is 57.4 Å². The molecular weight excluding hydrogens is 771 g/mol. The van der Waals surface area contributed by atoms with Gasteiger partial charge in [-0.15, -0.1) is 0 Å². The molecule has 0 atom stereocenters. The van der Waals surface area contributed by atoms with Crippen molar-refractivity contribution in [1.82, 2.24) is 4.90 Å². The number of ether oxygens (including phenoxy) is 4. The zero-order chi connectivity index (χ0) is 44.8. The lowest BCUT2D eigenvalue weighted by molar-refractivity contribution is -0.144. The third kappa shape index (κ3) is 39.5. The monoisotopic (exact) mass is 864 g/mol. The standard InChI is InChI=1S/C55H93NO6/c1-5-7-9-11-13-15-17-19-21-23-25-27-29-31-33-37-45-61-54(57)41-35-39-43-59-52-47-51(50-56(3)4)48-53(49-52)60-44-40-36-42-55(58)62-46-38-34-32-30-28-26-24-22-20-18-16-14-12-10-8-6-2/h13-16,19-22,47-49H,5-12,17-18,23-46,50H2,1-4H3/b15-13-,16-14-,21-19-,22-20-. The van der Waals surface area contributed by atoms with Crippen molar-refractivity contribution in [2.75, 3.05) is 40.5 Å². The second-order valence-corrected chi connectivity index (χ2v) is 17.3. The van der Waals surface area contributed by atoms with E-state index in [1.807, 2.05) is 20.2 Å². The van der Waals surface area contributed by atoms with Crippen LogP contribution in [0.3, 0.4) is 0 Å². The van der Waals surface area contributed by atoms with E-state index in [-0.39, 0.29) is 11.9 Å². The molecule has 0 bridgehead atoms. The number of nitrogens with zero attached hydrogens (tertiary/aromatic N) is 1. The van der Waals surface area contributed by atoms with Crippen molar-refractivity contribution in [3.8, 4) is 11.5 Å². The zero-order valence-electron chi connectivity index (χ0n) is 40.5. The van der Waals surface area contributed by atoms with Crippen LogP contribution in [0.15, 0.2) is 66.8 Å². The number of hydrogen-bond donors (Lipinski definition) is 0. The molecule has 0 fully saturated rings. The Kier molecular flexibility index (Phi) is 40.5. The Morgan fingerprint density at radius 2 is 0.790 bits per heavy atom. The van der Waals surface area contributed by atoms with Gasteiger partial charge in [-0.25, -0.2) is 0 Å². The van der Waals surface area contributed by atoms with E-state index in [4.69, 9.17) is 18.9 Å². The smallest absolute Gasteiger partial charge is 0.305 e. The summed E-state index contributed by atoms with van der Waals surface area (Å²) in [4.78, 5) is 26.6. The van der Waals surface area contributed by atoms with E-state index >= 15 is 0 Å². The van der Waals surface area contributed by atoms with Crippen molar-refractivity contribution in [1.29, 1.82) is 0 Å². The highest BCUT2D eigenvalue weighted by Gasteiger charge is 2.08. The van der Waals surface area contributed by atoms with E-state index in [1.165, 1.54) is 116 Å². The Balaban J connectivity index is 2.08. The quantitative estimate of drug-likeness (QED) is 0.0367. The number of hydrogen-bond acceptors (Lipinski definition) is 7. The van der Waals surface area contributed by atoms with Gasteiger partial charge in [0, 0.05) is 25.5 Å². The summed E-state index contributed by atoms with van der Waals surface area (Å²) in [5.74, 6) is 1.31. The fourth-order valence-electron chi connectivity index (χ4n) is 7.07. The summed E-state index contributed by atoms with van der Waals surface area (Å²) in [5.41, 5.74) is 1.11. The first-order valence-electron chi connectivity index (χ1n) is 25.4. The maximum atomic E-state index is 12.3. The number of benzene rings is 1. The van der Waals surface area contributed by atoms with Gasteiger partial charge in [0.2, 0.25) is 0 Å². The number of allylic oxidation sites excluding steroid dienone is 8. The molecule has 7 heteroatoms. The molecule has 354 valence electrons. The van der Waals surface area contributed by atoms with Crippen molar-refractivity contribution < 1.29 is 28.5 Å². The van der Waals surface area contributed by atoms with E-state index in [2.05, 4.69) is 79.5 Å². The molecule has 1 rings (SSSR count). The number of esters is 2. The summed E-state index contributed by atoms with van der Waals surface area (Å²) in [7, 11) is 4.08. The highest BCUT2D eigenvalue weighted by molar-refractivity contribution is 5.69. The van der Waals surface area contributed by atoms with E-state index < -0.39 is 0 Å². The summed E-state index contributed by atoms with van der Waals surface area (Å²) in [6.07, 6.45) is 51.2. The Morgan fingerprint density at radius 1 is 0.435 bits per heavy atom. The lowest BCUT2D eigenvalue weighted by atomic mass is 10.1. The van der Waals surface area contributed by atoms with Crippen LogP contribution in [0.2, 0.25) is 0 Å². The van der Waals surface area contributed by atoms with Gasteiger partial charge in [-0.1, -0.05) is 140 Å². The van der Waals surface area contributed by atoms with Gasteiger partial charge in [-0.05, 0) is 135 Å². The van der Waals surface area contributed by atoms with Crippen molar-refractivity contribution in [3.63, 3.8) is 0 Å². The van der Waals surface area contributed by atoms with Crippen LogP contribution in [0.1, 0.15) is 212 Å². The van der Waals surface area contributed by atoms with Crippen LogP contribution in [0, 0.1) is 0 Å². The Hall–Kier alpha value is -3.32. The van der Waals surface area contributed by atoms with Crippen LogP contribution in [0.5, 0.6) is 11.5 Å². The number of carbonyl (C=O) groups excluding carboxylic acids is 2. The number of rotatable bonds is 44. The van der Waals surface area contributed by atoms with Crippen LogP contribution >= 0.6 is 0 Å². The first kappa shape index (κ1) is 56.7. The summed E-state index contributed by atoms with van der Waals surface area (Å²) in [5, 5.41) is 0. The molecule has 0 aromatic heterocycles. The predicted molar refractivity (Wildman–Crippen MR) is 263 cm³/mol. The molecule has 0 saturated carbocycles. The van der Waals surface area contributed by atoms with Crippen LogP contribution < -0.4 is 9.47 Å². The molecule has 1 aromatic rings. The second-order valence-electron chi connectivity index (χ2n) is 17.3. The van der Waals surface area contributed by atoms with E-state index in [1.54, 1.807) is 0 Å². The van der Waals surface area contributed by atoms with Crippen molar-refractivity contribution in [3.05, 3.63) is 72.4 Å². The van der Waals surface area contributed by atoms with Gasteiger partial charge >= 0.3 is 11.9 Å².